The first-order valence-corrected chi connectivity index (χ1v) is 13.0. The molecule has 0 saturated carbocycles. The third kappa shape index (κ3) is 5.97. The Kier molecular flexibility index (Phi) is 8.31. The summed E-state index contributed by atoms with van der Waals surface area (Å²) >= 11 is 0. The highest BCUT2D eigenvalue weighted by molar-refractivity contribution is 6.21. The van der Waals surface area contributed by atoms with Gasteiger partial charge in [-0.25, -0.2) is 14.8 Å². The number of allylic oxidation sites excluding steroid dienone is 1. The zero-order valence-electron chi connectivity index (χ0n) is 22.1. The summed E-state index contributed by atoms with van der Waals surface area (Å²) in [6, 6.07) is 12.8. The van der Waals surface area contributed by atoms with Crippen LogP contribution in [0.25, 0.3) is 5.57 Å². The molecule has 1 aromatic heterocycles. The molecule has 2 aliphatic rings. The maximum absolute atomic E-state index is 12.8. The van der Waals surface area contributed by atoms with Gasteiger partial charge < -0.3 is 26.4 Å². The van der Waals surface area contributed by atoms with E-state index >= 15 is 0 Å². The number of anilines is 3. The molecule has 0 amide bonds. The molecular formula is C29H35N7O2. The van der Waals surface area contributed by atoms with Crippen LogP contribution in [0.5, 0.6) is 0 Å². The van der Waals surface area contributed by atoms with Crippen molar-refractivity contribution in [2.24, 2.45) is 22.6 Å². The van der Waals surface area contributed by atoms with Crippen LogP contribution in [0.1, 0.15) is 39.2 Å². The zero-order valence-corrected chi connectivity index (χ0v) is 22.1. The van der Waals surface area contributed by atoms with Crippen molar-refractivity contribution < 1.29 is 9.53 Å². The molecule has 198 valence electrons. The number of hydrogen-bond donors (Lipinski definition) is 3. The fourth-order valence-electron chi connectivity index (χ4n) is 4.60. The summed E-state index contributed by atoms with van der Waals surface area (Å²) in [5.41, 5.74) is 16.9. The van der Waals surface area contributed by atoms with Gasteiger partial charge in [-0.05, 0) is 67.7 Å². The van der Waals surface area contributed by atoms with E-state index in [-0.39, 0.29) is 18.4 Å². The van der Waals surface area contributed by atoms with Crippen LogP contribution in [-0.4, -0.2) is 42.5 Å². The number of carbonyl (C=O) groups is 1. The molecule has 38 heavy (non-hydrogen) atoms. The molecular weight excluding hydrogens is 478 g/mol. The largest absolute Gasteiger partial charge is 0.464 e. The number of dihydropyridines is 1. The second-order valence-electron chi connectivity index (χ2n) is 9.79. The Balaban J connectivity index is 1.74. The van der Waals surface area contributed by atoms with Crippen LogP contribution in [-0.2, 0) is 9.53 Å². The average Bonchev–Trinajstić information content (AvgIpc) is 2.92. The van der Waals surface area contributed by atoms with Gasteiger partial charge in [0.25, 0.3) is 0 Å². The number of nitrogens with zero attached hydrogens (tertiary/aromatic N) is 4. The molecule has 0 aliphatic carbocycles. The first-order valence-electron chi connectivity index (χ1n) is 13.0. The lowest BCUT2D eigenvalue weighted by Gasteiger charge is -2.30. The number of nitrogen functional groups attached to an aromatic ring is 1. The highest BCUT2D eigenvalue weighted by atomic mass is 16.5. The van der Waals surface area contributed by atoms with E-state index in [4.69, 9.17) is 26.2 Å². The van der Waals surface area contributed by atoms with E-state index in [0.717, 1.165) is 48.6 Å². The molecule has 4 rings (SSSR count). The van der Waals surface area contributed by atoms with Gasteiger partial charge in [0.05, 0.1) is 12.7 Å². The summed E-state index contributed by atoms with van der Waals surface area (Å²) in [5.74, 6) is 1.02. The Morgan fingerprint density at radius 2 is 2.03 bits per heavy atom. The molecule has 1 unspecified atom stereocenters. The molecule has 1 atom stereocenters. The highest BCUT2D eigenvalue weighted by Crippen LogP contribution is 2.34. The second kappa shape index (κ2) is 11.8. The molecule has 1 saturated heterocycles. The van der Waals surface area contributed by atoms with Gasteiger partial charge in [-0.1, -0.05) is 19.9 Å². The SMILES string of the molecule is CCOC(=O)C1C=C(c2ccc(N3CCC(C#N)CC3)nc2)/C(=C(/N)C(C)C)C(Nc2cccc(N)c2)=N1. The Labute approximate surface area is 223 Å². The second-order valence-corrected chi connectivity index (χ2v) is 9.79. The topological polar surface area (TPSA) is 143 Å². The number of nitriles is 1. The fraction of sp³-hybridized carbons (Fsp3) is 0.379. The zero-order chi connectivity index (χ0) is 27.2. The number of hydrogen-bond acceptors (Lipinski definition) is 9. The van der Waals surface area contributed by atoms with Crippen molar-refractivity contribution in [2.45, 2.75) is 39.7 Å². The molecule has 0 radical (unpaired) electrons. The van der Waals surface area contributed by atoms with Crippen LogP contribution in [0.2, 0.25) is 0 Å². The molecule has 0 bridgehead atoms. The van der Waals surface area contributed by atoms with Crippen molar-refractivity contribution in [3.05, 3.63) is 65.5 Å². The van der Waals surface area contributed by atoms with Gasteiger partial charge >= 0.3 is 5.97 Å². The predicted molar refractivity (Wildman–Crippen MR) is 151 cm³/mol. The third-order valence-corrected chi connectivity index (χ3v) is 6.75. The summed E-state index contributed by atoms with van der Waals surface area (Å²) in [5, 5.41) is 12.5. The van der Waals surface area contributed by atoms with Crippen LogP contribution in [0.4, 0.5) is 17.2 Å². The number of benzene rings is 1. The summed E-state index contributed by atoms with van der Waals surface area (Å²) < 4.78 is 5.31. The molecule has 1 fully saturated rings. The maximum Gasteiger partial charge on any atom is 0.334 e. The van der Waals surface area contributed by atoms with Gasteiger partial charge in [-0.2, -0.15) is 5.26 Å². The number of rotatable bonds is 6. The van der Waals surface area contributed by atoms with Gasteiger partial charge in [-0.3, -0.25) is 0 Å². The van der Waals surface area contributed by atoms with Gasteiger partial charge in [0.1, 0.15) is 11.7 Å². The number of carbonyl (C=O) groups excluding carboxylic acids is 1. The lowest BCUT2D eigenvalue weighted by Crippen LogP contribution is -2.33. The maximum atomic E-state index is 12.8. The molecule has 1 aromatic carbocycles. The first kappa shape index (κ1) is 26.7. The minimum atomic E-state index is -0.845. The van der Waals surface area contributed by atoms with E-state index in [1.807, 2.05) is 38.1 Å². The van der Waals surface area contributed by atoms with E-state index in [2.05, 4.69) is 16.3 Å². The Bertz CT molecular complexity index is 1300. The number of piperidine rings is 1. The van der Waals surface area contributed by atoms with Crippen LogP contribution in [0.3, 0.4) is 0 Å². The van der Waals surface area contributed by atoms with Crippen molar-refractivity contribution in [1.82, 2.24) is 4.98 Å². The molecule has 9 nitrogen and oxygen atoms in total. The van der Waals surface area contributed by atoms with E-state index in [0.29, 0.717) is 22.8 Å². The lowest BCUT2D eigenvalue weighted by atomic mass is 9.89. The molecule has 2 aliphatic heterocycles. The Hall–Kier alpha value is -4.32. The summed E-state index contributed by atoms with van der Waals surface area (Å²) in [7, 11) is 0. The van der Waals surface area contributed by atoms with Gasteiger partial charge in [0.2, 0.25) is 0 Å². The number of nitrogens with two attached hydrogens (primary N) is 2. The number of aromatic nitrogens is 1. The van der Waals surface area contributed by atoms with Gasteiger partial charge in [-0.15, -0.1) is 0 Å². The number of ether oxygens (including phenoxy) is 1. The number of nitrogens with one attached hydrogen (secondary N) is 1. The number of amidine groups is 1. The quantitative estimate of drug-likeness (QED) is 0.387. The van der Waals surface area contributed by atoms with Crippen LogP contribution < -0.4 is 21.7 Å². The van der Waals surface area contributed by atoms with Crippen molar-refractivity contribution in [1.29, 1.82) is 5.26 Å². The molecule has 5 N–H and O–H groups in total. The molecule has 3 heterocycles. The van der Waals surface area contributed by atoms with Gasteiger partial charge in [0, 0.05) is 53.4 Å². The monoisotopic (exact) mass is 513 g/mol. The lowest BCUT2D eigenvalue weighted by molar-refractivity contribution is -0.143. The van der Waals surface area contributed by atoms with Crippen molar-refractivity contribution in [3.8, 4) is 6.07 Å². The van der Waals surface area contributed by atoms with E-state index in [9.17, 15) is 10.1 Å². The van der Waals surface area contributed by atoms with Crippen LogP contribution in [0, 0.1) is 23.2 Å². The standard InChI is InChI=1S/C29H35N7O2/c1-4-38-29(37)24-15-23(20-8-9-25(33-17-20)36-12-10-19(16-30)11-13-36)26(27(32)18(2)3)28(35-24)34-22-7-5-6-21(31)14-22/h5-9,14-15,17-19,24H,4,10-13,31-32H2,1-3H3,(H,34,35)/b27-26-. The minimum absolute atomic E-state index is 0.0223. The van der Waals surface area contributed by atoms with Crippen LogP contribution >= 0.6 is 0 Å². The number of aliphatic imine (C=N–C) groups is 1. The van der Waals surface area contributed by atoms with E-state index < -0.39 is 12.0 Å². The third-order valence-electron chi connectivity index (χ3n) is 6.75. The molecule has 0 spiro atoms. The fourth-order valence-corrected chi connectivity index (χ4v) is 4.60. The predicted octanol–water partition coefficient (Wildman–Crippen LogP) is 4.11. The first-order chi connectivity index (χ1) is 18.3. The van der Waals surface area contributed by atoms with E-state index in [1.54, 1.807) is 31.3 Å². The summed E-state index contributed by atoms with van der Waals surface area (Å²) in [4.78, 5) is 24.5. The normalized spacial score (nSPS) is 19.3. The van der Waals surface area contributed by atoms with Gasteiger partial charge in [0.15, 0.2) is 6.04 Å². The Morgan fingerprint density at radius 3 is 2.63 bits per heavy atom. The smallest absolute Gasteiger partial charge is 0.334 e. The Morgan fingerprint density at radius 1 is 1.26 bits per heavy atom. The highest BCUT2D eigenvalue weighted by Gasteiger charge is 2.30. The van der Waals surface area contributed by atoms with E-state index in [1.165, 1.54) is 0 Å². The average molecular weight is 514 g/mol. The van der Waals surface area contributed by atoms with Crippen LogP contribution in [0.15, 0.2) is 64.9 Å². The van der Waals surface area contributed by atoms with Crippen molar-refractivity contribution in [3.63, 3.8) is 0 Å². The number of pyridine rings is 1. The van der Waals surface area contributed by atoms with Crippen molar-refractivity contribution in [2.75, 3.05) is 35.6 Å². The number of esters is 1. The molecule has 9 heteroatoms. The molecule has 2 aromatic rings. The van der Waals surface area contributed by atoms with Crippen molar-refractivity contribution >= 4 is 34.6 Å². The summed E-state index contributed by atoms with van der Waals surface area (Å²) in [6.07, 6.45) is 5.26. The summed E-state index contributed by atoms with van der Waals surface area (Å²) in [6.45, 7) is 7.64. The minimum Gasteiger partial charge on any atom is -0.464 e.